The quantitative estimate of drug-likeness (QED) is 0.385. The lowest BCUT2D eigenvalue weighted by atomic mass is 10.1. The summed E-state index contributed by atoms with van der Waals surface area (Å²) in [6.07, 6.45) is 0. The van der Waals surface area contributed by atoms with Gasteiger partial charge in [0.25, 0.3) is 5.78 Å². The van der Waals surface area contributed by atoms with Gasteiger partial charge in [-0.1, -0.05) is 13.8 Å². The number of rotatable bonds is 5. The van der Waals surface area contributed by atoms with E-state index in [-0.39, 0.29) is 16.5 Å². The zero-order valence-electron chi connectivity index (χ0n) is 16.1. The van der Waals surface area contributed by atoms with Crippen molar-refractivity contribution < 1.29 is 18.7 Å². The van der Waals surface area contributed by atoms with Crippen LogP contribution in [0.25, 0.3) is 15.9 Å². The fraction of sp³-hybridized carbons (Fsp3) is 0.200. The Morgan fingerprint density at radius 1 is 1.24 bits per heavy atom. The van der Waals surface area contributed by atoms with Gasteiger partial charge in [-0.15, -0.1) is 11.3 Å². The van der Waals surface area contributed by atoms with Crippen molar-refractivity contribution in [1.82, 2.24) is 10.3 Å². The molecule has 0 fully saturated rings. The van der Waals surface area contributed by atoms with Crippen LogP contribution in [0.2, 0.25) is 0 Å². The lowest BCUT2D eigenvalue weighted by Crippen LogP contribution is -2.41. The van der Waals surface area contributed by atoms with Crippen LogP contribution >= 0.6 is 11.3 Å². The first-order valence-corrected chi connectivity index (χ1v) is 9.74. The molecule has 0 bridgehead atoms. The van der Waals surface area contributed by atoms with E-state index in [1.54, 1.807) is 31.4 Å². The van der Waals surface area contributed by atoms with Gasteiger partial charge in [-0.25, -0.2) is 9.78 Å². The van der Waals surface area contributed by atoms with Crippen molar-refractivity contribution in [1.29, 1.82) is 0 Å². The number of hydrogen-bond donors (Lipinski definition) is 2. The molecule has 0 aliphatic carbocycles. The highest BCUT2D eigenvalue weighted by molar-refractivity contribution is 7.21. The summed E-state index contributed by atoms with van der Waals surface area (Å²) < 4.78 is 11.3. The average Bonchev–Trinajstić information content (AvgIpc) is 3.27. The molecular weight excluding hydrogens is 392 g/mol. The summed E-state index contributed by atoms with van der Waals surface area (Å²) in [6, 6.07) is 10.6. The number of thiophene rings is 1. The third kappa shape index (κ3) is 3.19. The number of nitrogens with one attached hydrogen (secondary N) is 1. The molecule has 8 nitrogen and oxygen atoms in total. The highest BCUT2D eigenvalue weighted by Gasteiger charge is 2.34. The van der Waals surface area contributed by atoms with E-state index >= 15 is 0 Å². The number of H-pyrrole nitrogens is 1. The number of methoxy groups -OCH3 is 1. The molecule has 0 radical (unpaired) electrons. The molecule has 148 valence electrons. The van der Waals surface area contributed by atoms with Gasteiger partial charge < -0.3 is 10.5 Å². The van der Waals surface area contributed by atoms with Gasteiger partial charge >= 0.3 is 11.3 Å². The van der Waals surface area contributed by atoms with Crippen LogP contribution in [0.4, 0.5) is 5.69 Å². The van der Waals surface area contributed by atoms with E-state index in [1.807, 2.05) is 26.0 Å². The fourth-order valence-corrected chi connectivity index (χ4v) is 4.03. The molecule has 0 aliphatic rings. The number of benzene rings is 1. The molecule has 3 N–H and O–H groups in total. The van der Waals surface area contributed by atoms with Crippen LogP contribution < -0.4 is 20.8 Å². The number of anilines is 1. The number of nitrogen functional groups attached to an aromatic ring is 1. The number of hydrogen-bond acceptors (Lipinski definition) is 7. The molecule has 9 heteroatoms. The number of ether oxygens (including phenoxy) is 1. The van der Waals surface area contributed by atoms with Crippen molar-refractivity contribution in [2.24, 2.45) is 0 Å². The molecule has 0 spiro atoms. The van der Waals surface area contributed by atoms with Crippen LogP contribution in [0.15, 0.2) is 45.7 Å². The Morgan fingerprint density at radius 3 is 2.62 bits per heavy atom. The molecular formula is C20H19N4O4S+. The summed E-state index contributed by atoms with van der Waals surface area (Å²) in [5, 5.41) is 3.16. The maximum atomic E-state index is 13.2. The molecule has 4 rings (SSSR count). The van der Waals surface area contributed by atoms with E-state index in [9.17, 15) is 9.59 Å². The monoisotopic (exact) mass is 411 g/mol. The number of aromatic amines is 1. The minimum atomic E-state index is -0.779. The lowest BCUT2D eigenvalue weighted by molar-refractivity contribution is -0.672. The van der Waals surface area contributed by atoms with Gasteiger partial charge in [0.05, 0.1) is 12.8 Å². The van der Waals surface area contributed by atoms with E-state index in [0.29, 0.717) is 27.3 Å². The van der Waals surface area contributed by atoms with Gasteiger partial charge in [-0.3, -0.25) is 9.32 Å². The Hall–Kier alpha value is -3.46. The summed E-state index contributed by atoms with van der Waals surface area (Å²) in [5.41, 5.74) is 7.04. The summed E-state index contributed by atoms with van der Waals surface area (Å²) >= 11 is 1.17. The van der Waals surface area contributed by atoms with Crippen molar-refractivity contribution in [2.45, 2.75) is 19.8 Å². The first kappa shape index (κ1) is 18.9. The lowest BCUT2D eigenvalue weighted by Gasteiger charge is -2.02. The molecule has 0 amide bonds. The second-order valence-electron chi connectivity index (χ2n) is 6.78. The molecule has 0 unspecified atom stereocenters. The SMILES string of the molecule is COc1ccc(-[n+]2[nH]oc(=O)c2C(=O)c2sc3nc(C(C)C)ccc3c2N)cc1. The van der Waals surface area contributed by atoms with Crippen LogP contribution in [-0.2, 0) is 0 Å². The van der Waals surface area contributed by atoms with Crippen LogP contribution in [0.3, 0.4) is 0 Å². The maximum Gasteiger partial charge on any atom is 0.439 e. The van der Waals surface area contributed by atoms with Crippen LogP contribution in [0.5, 0.6) is 5.75 Å². The zero-order valence-corrected chi connectivity index (χ0v) is 16.9. The van der Waals surface area contributed by atoms with Crippen LogP contribution in [-0.4, -0.2) is 23.1 Å². The maximum absolute atomic E-state index is 13.2. The number of aromatic nitrogens is 3. The van der Waals surface area contributed by atoms with Gasteiger partial charge in [-0.05, 0) is 40.1 Å². The number of pyridine rings is 1. The average molecular weight is 411 g/mol. The number of nitrogens with zero attached hydrogens (tertiary/aromatic N) is 2. The van der Waals surface area contributed by atoms with Gasteiger partial charge in [-0.2, -0.15) is 0 Å². The predicted octanol–water partition coefficient (Wildman–Crippen LogP) is 2.80. The summed E-state index contributed by atoms with van der Waals surface area (Å²) in [6.45, 7) is 4.08. The normalized spacial score (nSPS) is 11.3. The third-order valence-electron chi connectivity index (χ3n) is 4.61. The standard InChI is InChI=1S/C20H18N4O4S/c1-10(2)14-9-8-13-15(21)18(29-19(13)22-14)17(25)16-20(26)28-23-24(16)11-4-6-12(27-3)7-5-11/h4-10H,1-3H3,(H2-,21,23,25,26)/p+1. The number of nitrogens with two attached hydrogens (primary N) is 1. The van der Waals surface area contributed by atoms with E-state index in [2.05, 4.69) is 10.3 Å². The Bertz CT molecular complexity index is 1270. The highest BCUT2D eigenvalue weighted by Crippen LogP contribution is 2.34. The van der Waals surface area contributed by atoms with Crippen molar-refractivity contribution in [3.05, 3.63) is 63.1 Å². The third-order valence-corrected chi connectivity index (χ3v) is 5.72. The van der Waals surface area contributed by atoms with Crippen molar-refractivity contribution >= 4 is 33.0 Å². The number of ketones is 1. The molecule has 1 aromatic carbocycles. The Kier molecular flexibility index (Phi) is 4.67. The van der Waals surface area contributed by atoms with Gasteiger partial charge in [0.1, 0.15) is 15.5 Å². The van der Waals surface area contributed by atoms with Gasteiger partial charge in [0.15, 0.2) is 0 Å². The van der Waals surface area contributed by atoms with Crippen LogP contribution in [0.1, 0.15) is 40.8 Å². The van der Waals surface area contributed by atoms with Gasteiger partial charge in [0.2, 0.25) is 5.69 Å². The van der Waals surface area contributed by atoms with Crippen LogP contribution in [0, 0.1) is 0 Å². The molecule has 0 atom stereocenters. The van der Waals surface area contributed by atoms with E-state index < -0.39 is 11.4 Å². The van der Waals surface area contributed by atoms with Gasteiger partial charge in [0, 0.05) is 23.2 Å². The first-order valence-electron chi connectivity index (χ1n) is 8.92. The predicted molar refractivity (Wildman–Crippen MR) is 109 cm³/mol. The number of fused-ring (bicyclic) bond motifs is 1. The smallest absolute Gasteiger partial charge is 0.439 e. The Labute approximate surface area is 169 Å². The minimum Gasteiger partial charge on any atom is -0.497 e. The second kappa shape index (κ2) is 7.17. The molecule has 0 saturated carbocycles. The molecule has 0 aliphatic heterocycles. The summed E-state index contributed by atoms with van der Waals surface area (Å²) in [7, 11) is 1.56. The Balaban J connectivity index is 1.82. The molecule has 4 aromatic rings. The number of carbonyl (C=O) groups excluding carboxylic acids is 1. The van der Waals surface area contributed by atoms with Crippen molar-refractivity contribution in [3.8, 4) is 11.4 Å². The van der Waals surface area contributed by atoms with E-state index in [4.69, 9.17) is 15.0 Å². The van der Waals surface area contributed by atoms with E-state index in [1.165, 1.54) is 16.0 Å². The van der Waals surface area contributed by atoms with Crippen molar-refractivity contribution in [2.75, 3.05) is 12.8 Å². The fourth-order valence-electron chi connectivity index (χ4n) is 2.99. The topological polar surface area (TPSA) is 115 Å². The highest BCUT2D eigenvalue weighted by atomic mass is 32.1. The number of carbonyl (C=O) groups is 1. The Morgan fingerprint density at radius 2 is 1.97 bits per heavy atom. The van der Waals surface area contributed by atoms with Crippen molar-refractivity contribution in [3.63, 3.8) is 0 Å². The minimum absolute atomic E-state index is 0.169. The summed E-state index contributed by atoms with van der Waals surface area (Å²) in [5.74, 6) is 0.368. The molecule has 29 heavy (non-hydrogen) atoms. The molecule has 3 aromatic heterocycles. The largest absolute Gasteiger partial charge is 0.497 e. The molecule has 3 heterocycles. The zero-order chi connectivity index (χ0) is 20.7. The first-order chi connectivity index (χ1) is 13.9. The summed E-state index contributed by atoms with van der Waals surface area (Å²) in [4.78, 5) is 31.0. The second-order valence-corrected chi connectivity index (χ2v) is 7.78. The molecule has 0 saturated heterocycles. The van der Waals surface area contributed by atoms with E-state index in [0.717, 1.165) is 5.69 Å².